The molecule has 1 aliphatic rings. The normalized spacial score (nSPS) is 14.1. The molecule has 4 nitrogen and oxygen atoms in total. The highest BCUT2D eigenvalue weighted by atomic mass is 16.5. The molecule has 244 valence electrons. The second-order valence-electron chi connectivity index (χ2n) is 12.3. The average molecular weight is 620 g/mol. The Balaban J connectivity index is 1.82. The van der Waals surface area contributed by atoms with Gasteiger partial charge in [0.25, 0.3) is 5.91 Å². The van der Waals surface area contributed by atoms with Crippen molar-refractivity contribution in [1.82, 2.24) is 4.90 Å². The van der Waals surface area contributed by atoms with Gasteiger partial charge in [0.05, 0.1) is 13.2 Å². The molecule has 0 saturated heterocycles. The number of ether oxygens (including phenoxy) is 2. The van der Waals surface area contributed by atoms with Crippen LogP contribution in [0.3, 0.4) is 0 Å². The highest BCUT2D eigenvalue weighted by Gasteiger charge is 2.19. The lowest BCUT2D eigenvalue weighted by Crippen LogP contribution is -2.28. The molecule has 0 heterocycles. The van der Waals surface area contributed by atoms with E-state index < -0.39 is 0 Å². The van der Waals surface area contributed by atoms with Gasteiger partial charge in [-0.1, -0.05) is 74.2 Å². The molecule has 0 aliphatic heterocycles. The number of hydrogen-bond donors (Lipinski definition) is 0. The topological polar surface area (TPSA) is 38.8 Å². The van der Waals surface area contributed by atoms with Gasteiger partial charge in [-0.05, 0) is 143 Å². The van der Waals surface area contributed by atoms with Gasteiger partial charge in [-0.3, -0.25) is 4.79 Å². The first-order valence-corrected chi connectivity index (χ1v) is 16.5. The zero-order chi connectivity index (χ0) is 33.6. The summed E-state index contributed by atoms with van der Waals surface area (Å²) in [6, 6.07) is 14.5. The van der Waals surface area contributed by atoms with Gasteiger partial charge in [0, 0.05) is 5.70 Å². The van der Waals surface area contributed by atoms with Gasteiger partial charge >= 0.3 is 0 Å². The number of hydrogen-bond acceptors (Lipinski definition) is 3. The van der Waals surface area contributed by atoms with Gasteiger partial charge in [0.2, 0.25) is 0 Å². The molecule has 0 atom stereocenters. The minimum absolute atomic E-state index is 0.174. The molecular formula is C42H53NO3. The Kier molecular flexibility index (Phi) is 14.1. The van der Waals surface area contributed by atoms with Crippen molar-refractivity contribution in [3.05, 3.63) is 143 Å². The van der Waals surface area contributed by atoms with Gasteiger partial charge < -0.3 is 14.4 Å². The maximum absolute atomic E-state index is 13.0. The van der Waals surface area contributed by atoms with Crippen LogP contribution >= 0.6 is 0 Å². The van der Waals surface area contributed by atoms with Gasteiger partial charge in [-0.25, -0.2) is 0 Å². The number of benzene rings is 2. The number of nitrogens with zero attached hydrogens (tertiary/aromatic N) is 1. The minimum atomic E-state index is -0.174. The molecule has 1 aliphatic carbocycles. The molecule has 1 amide bonds. The molecule has 0 radical (unpaired) electrons. The third-order valence-electron chi connectivity index (χ3n) is 8.34. The van der Waals surface area contributed by atoms with Crippen LogP contribution in [0, 0.1) is 5.92 Å². The van der Waals surface area contributed by atoms with Crippen LogP contribution in [0.1, 0.15) is 83.9 Å². The van der Waals surface area contributed by atoms with Crippen LogP contribution in [0.5, 0.6) is 11.5 Å². The molecule has 46 heavy (non-hydrogen) atoms. The van der Waals surface area contributed by atoms with E-state index in [4.69, 9.17) is 9.47 Å². The highest BCUT2D eigenvalue weighted by Crippen LogP contribution is 2.32. The molecule has 0 aromatic heterocycles. The Morgan fingerprint density at radius 2 is 1.70 bits per heavy atom. The van der Waals surface area contributed by atoms with Crippen LogP contribution in [-0.4, -0.2) is 17.4 Å². The SMILES string of the molecule is C=CC(=O)N(Cc1ccc(Oc2ccc(C/C(C)=C\C3CC3)cc2)c(C/C=C\CCO/C(=C/C)C(=C)C)c1)C(=C)/C(C)=C(\C)CC. The number of carbonyl (C=O) groups excluding carboxylic acids is 1. The van der Waals surface area contributed by atoms with Crippen LogP contribution in [0.4, 0.5) is 0 Å². The Bertz CT molecular complexity index is 1510. The largest absolute Gasteiger partial charge is 0.493 e. The Hall–Kier alpha value is -4.31. The Labute approximate surface area is 278 Å². The van der Waals surface area contributed by atoms with E-state index in [1.54, 1.807) is 4.90 Å². The van der Waals surface area contributed by atoms with Crippen molar-refractivity contribution in [1.29, 1.82) is 0 Å². The maximum Gasteiger partial charge on any atom is 0.250 e. The number of allylic oxidation sites excluding steroid dienone is 7. The summed E-state index contributed by atoms with van der Waals surface area (Å²) in [4.78, 5) is 14.7. The van der Waals surface area contributed by atoms with Crippen LogP contribution in [0.25, 0.3) is 0 Å². The molecular weight excluding hydrogens is 566 g/mol. The summed E-state index contributed by atoms with van der Waals surface area (Å²) < 4.78 is 12.3. The van der Waals surface area contributed by atoms with E-state index in [-0.39, 0.29) is 5.91 Å². The van der Waals surface area contributed by atoms with Crippen molar-refractivity contribution in [2.45, 2.75) is 86.6 Å². The van der Waals surface area contributed by atoms with E-state index in [1.807, 2.05) is 51.1 Å². The predicted octanol–water partition coefficient (Wildman–Crippen LogP) is 11.1. The first-order chi connectivity index (χ1) is 22.1. The molecule has 1 fully saturated rings. The van der Waals surface area contributed by atoms with Crippen molar-refractivity contribution in [3.8, 4) is 11.5 Å². The smallest absolute Gasteiger partial charge is 0.250 e. The van der Waals surface area contributed by atoms with Gasteiger partial charge in [-0.2, -0.15) is 0 Å². The molecule has 3 rings (SSSR count). The van der Waals surface area contributed by atoms with Crippen molar-refractivity contribution in [2.24, 2.45) is 5.92 Å². The molecule has 1 saturated carbocycles. The standard InChI is InChI=1S/C42H53NO3/c1-10-32(7)33(8)34(9)43(42(44)12-3)29-37-21-24-41(38(28-37)16-14-13-15-25-45-40(11-2)30(4)5)46-39-22-19-36(20-23-39)27-31(6)26-35-17-18-35/h11-14,19-24,26,28,35H,3-4,9-10,15-18,25,27,29H2,1-2,5-8H3/b14-13-,31-26-,33-32+,40-11+. The van der Waals surface area contributed by atoms with E-state index in [0.29, 0.717) is 25.3 Å². The molecule has 2 aromatic carbocycles. The van der Waals surface area contributed by atoms with E-state index in [2.05, 4.69) is 76.9 Å². The summed E-state index contributed by atoms with van der Waals surface area (Å²) in [5, 5.41) is 0. The zero-order valence-electron chi connectivity index (χ0n) is 29.0. The lowest BCUT2D eigenvalue weighted by molar-refractivity contribution is -0.124. The number of amides is 1. The summed E-state index contributed by atoms with van der Waals surface area (Å²) in [5.41, 5.74) is 8.58. The summed E-state index contributed by atoms with van der Waals surface area (Å²) in [6.45, 7) is 25.3. The number of rotatable bonds is 18. The fraction of sp³-hybridized carbons (Fsp3) is 0.357. The molecule has 0 N–H and O–H groups in total. The molecule has 0 unspecified atom stereocenters. The molecule has 2 aromatic rings. The van der Waals surface area contributed by atoms with E-state index in [0.717, 1.165) is 64.7 Å². The summed E-state index contributed by atoms with van der Waals surface area (Å²) in [6.07, 6.45) is 15.9. The number of carbonyl (C=O) groups is 1. The maximum atomic E-state index is 13.0. The van der Waals surface area contributed by atoms with E-state index in [1.165, 1.54) is 35.6 Å². The molecule has 4 heteroatoms. The predicted molar refractivity (Wildman–Crippen MR) is 194 cm³/mol. The second-order valence-corrected chi connectivity index (χ2v) is 12.3. The minimum Gasteiger partial charge on any atom is -0.493 e. The Morgan fingerprint density at radius 3 is 2.30 bits per heavy atom. The second kappa shape index (κ2) is 18.0. The van der Waals surface area contributed by atoms with Gasteiger partial charge in [-0.15, -0.1) is 0 Å². The lowest BCUT2D eigenvalue weighted by Gasteiger charge is -2.26. The van der Waals surface area contributed by atoms with Crippen LogP contribution in [0.2, 0.25) is 0 Å². The fourth-order valence-electron chi connectivity index (χ4n) is 5.17. The van der Waals surface area contributed by atoms with Crippen molar-refractivity contribution in [3.63, 3.8) is 0 Å². The zero-order valence-corrected chi connectivity index (χ0v) is 29.0. The van der Waals surface area contributed by atoms with E-state index >= 15 is 0 Å². The quantitative estimate of drug-likeness (QED) is 0.0548. The summed E-state index contributed by atoms with van der Waals surface area (Å²) in [7, 11) is 0. The first-order valence-electron chi connectivity index (χ1n) is 16.5. The fourth-order valence-corrected chi connectivity index (χ4v) is 5.17. The van der Waals surface area contributed by atoms with Crippen LogP contribution < -0.4 is 4.74 Å². The average Bonchev–Trinajstić information content (AvgIpc) is 3.87. The monoisotopic (exact) mass is 619 g/mol. The van der Waals surface area contributed by atoms with Crippen LogP contribution in [-0.2, 0) is 28.9 Å². The van der Waals surface area contributed by atoms with Gasteiger partial charge in [0.1, 0.15) is 17.3 Å². The lowest BCUT2D eigenvalue weighted by atomic mass is 10.0. The third kappa shape index (κ3) is 11.2. The van der Waals surface area contributed by atoms with Crippen molar-refractivity contribution < 1.29 is 14.3 Å². The summed E-state index contributed by atoms with van der Waals surface area (Å²) >= 11 is 0. The van der Waals surface area contributed by atoms with Crippen molar-refractivity contribution >= 4 is 5.91 Å². The van der Waals surface area contributed by atoms with Crippen molar-refractivity contribution in [2.75, 3.05) is 6.61 Å². The molecule has 0 bridgehead atoms. The molecule has 0 spiro atoms. The van der Waals surface area contributed by atoms with Gasteiger partial charge in [0.15, 0.2) is 0 Å². The van der Waals surface area contributed by atoms with Crippen LogP contribution in [0.15, 0.2) is 126 Å². The summed E-state index contributed by atoms with van der Waals surface area (Å²) in [5.74, 6) is 3.03. The first kappa shape index (κ1) is 36.2. The Morgan fingerprint density at radius 1 is 1.00 bits per heavy atom. The van der Waals surface area contributed by atoms with E-state index in [9.17, 15) is 4.79 Å². The third-order valence-corrected chi connectivity index (χ3v) is 8.34. The highest BCUT2D eigenvalue weighted by molar-refractivity contribution is 5.89.